The van der Waals surface area contributed by atoms with Gasteiger partial charge in [0.05, 0.1) is 11.0 Å². The molecule has 1 amide bonds. The van der Waals surface area contributed by atoms with Crippen molar-refractivity contribution < 1.29 is 13.9 Å². The summed E-state index contributed by atoms with van der Waals surface area (Å²) in [7, 11) is -1.06. The quantitative estimate of drug-likeness (QED) is 0.673. The van der Waals surface area contributed by atoms with Gasteiger partial charge in [0.25, 0.3) is 11.6 Å². The van der Waals surface area contributed by atoms with Crippen molar-refractivity contribution in [1.82, 2.24) is 5.32 Å². The third kappa shape index (κ3) is 4.01. The number of hydrogen-bond donors (Lipinski definition) is 1. The molecule has 0 heterocycles. The highest BCUT2D eigenvalue weighted by Gasteiger charge is 2.20. The Morgan fingerprint density at radius 1 is 1.17 bits per heavy atom. The zero-order valence-electron chi connectivity index (χ0n) is 12.7. The van der Waals surface area contributed by atoms with Gasteiger partial charge in [0.1, 0.15) is 5.56 Å². The van der Waals surface area contributed by atoms with Crippen LogP contribution in [0.1, 0.15) is 28.9 Å². The third-order valence-corrected chi connectivity index (χ3v) is 4.34. The fraction of sp³-hybridized carbons (Fsp3) is 0.188. The summed E-state index contributed by atoms with van der Waals surface area (Å²) in [6.45, 7) is 1.78. The number of nitrogens with one attached hydrogen (secondary N) is 1. The Hall–Kier alpha value is -2.54. The Morgan fingerprint density at radius 3 is 2.35 bits per heavy atom. The number of para-hydroxylation sites is 1. The van der Waals surface area contributed by atoms with E-state index in [1.165, 1.54) is 18.2 Å². The molecule has 0 aliphatic carbocycles. The molecule has 0 bridgehead atoms. The van der Waals surface area contributed by atoms with Crippen molar-refractivity contribution in [2.24, 2.45) is 0 Å². The van der Waals surface area contributed by atoms with Gasteiger partial charge in [0.15, 0.2) is 0 Å². The van der Waals surface area contributed by atoms with Crippen LogP contribution in [0.25, 0.3) is 0 Å². The molecule has 0 saturated carbocycles. The summed E-state index contributed by atoms with van der Waals surface area (Å²) in [6.07, 6.45) is 1.59. The van der Waals surface area contributed by atoms with E-state index < -0.39 is 21.6 Å². The number of rotatable bonds is 5. The molecule has 2 aromatic carbocycles. The van der Waals surface area contributed by atoms with Crippen LogP contribution in [-0.2, 0) is 10.8 Å². The fourth-order valence-electron chi connectivity index (χ4n) is 2.13. The Kier molecular flexibility index (Phi) is 5.23. The van der Waals surface area contributed by atoms with E-state index in [0.29, 0.717) is 4.90 Å². The molecule has 0 aromatic heterocycles. The smallest absolute Gasteiger partial charge is 0.282 e. The zero-order chi connectivity index (χ0) is 17.0. The highest BCUT2D eigenvalue weighted by atomic mass is 32.2. The summed E-state index contributed by atoms with van der Waals surface area (Å²) in [5, 5.41) is 13.7. The highest BCUT2D eigenvalue weighted by molar-refractivity contribution is 7.84. The van der Waals surface area contributed by atoms with Gasteiger partial charge in [-0.2, -0.15) is 0 Å². The molecule has 0 saturated heterocycles. The van der Waals surface area contributed by atoms with Crippen molar-refractivity contribution in [2.75, 3.05) is 6.26 Å². The Bertz CT molecular complexity index is 759. The van der Waals surface area contributed by atoms with Gasteiger partial charge >= 0.3 is 0 Å². The lowest BCUT2D eigenvalue weighted by molar-refractivity contribution is -0.385. The minimum absolute atomic E-state index is 0.0237. The van der Waals surface area contributed by atoms with Crippen LogP contribution in [0.4, 0.5) is 5.69 Å². The Balaban J connectivity index is 2.17. The molecule has 0 radical (unpaired) electrons. The summed E-state index contributed by atoms with van der Waals surface area (Å²) >= 11 is 0. The number of carbonyl (C=O) groups excluding carboxylic acids is 1. The topological polar surface area (TPSA) is 89.3 Å². The van der Waals surface area contributed by atoms with Crippen molar-refractivity contribution in [3.63, 3.8) is 0 Å². The number of hydrogen-bond acceptors (Lipinski definition) is 4. The van der Waals surface area contributed by atoms with E-state index in [0.717, 1.165) is 5.56 Å². The molecule has 2 atom stereocenters. The number of nitrogens with zero attached hydrogens (tertiary/aromatic N) is 1. The molecule has 1 N–H and O–H groups in total. The van der Waals surface area contributed by atoms with Gasteiger partial charge in [-0.25, -0.2) is 0 Å². The molecule has 23 heavy (non-hydrogen) atoms. The average molecular weight is 332 g/mol. The lowest BCUT2D eigenvalue weighted by Crippen LogP contribution is -2.27. The maximum Gasteiger partial charge on any atom is 0.282 e. The predicted octanol–water partition coefficient (Wildman–Crippen LogP) is 2.82. The molecule has 120 valence electrons. The Labute approximate surface area is 136 Å². The minimum Gasteiger partial charge on any atom is -0.345 e. The molecule has 2 rings (SSSR count). The summed E-state index contributed by atoms with van der Waals surface area (Å²) in [5.74, 6) is -0.507. The van der Waals surface area contributed by atoms with Crippen LogP contribution in [0.15, 0.2) is 53.4 Å². The maximum absolute atomic E-state index is 12.3. The molecule has 0 unspecified atom stereocenters. The third-order valence-electron chi connectivity index (χ3n) is 3.40. The summed E-state index contributed by atoms with van der Waals surface area (Å²) in [5.41, 5.74) is 0.621. The van der Waals surface area contributed by atoms with Crippen LogP contribution < -0.4 is 5.32 Å². The first-order valence-corrected chi connectivity index (χ1v) is 8.43. The van der Waals surface area contributed by atoms with E-state index >= 15 is 0 Å². The van der Waals surface area contributed by atoms with Crippen molar-refractivity contribution in [3.8, 4) is 0 Å². The van der Waals surface area contributed by atoms with Gasteiger partial charge < -0.3 is 5.32 Å². The van der Waals surface area contributed by atoms with Gasteiger partial charge in [0.2, 0.25) is 0 Å². The SMILES string of the molecule is C[C@@H](NC(=O)c1ccccc1[N+](=O)[O-])c1ccc([S@@](C)=O)cc1. The highest BCUT2D eigenvalue weighted by Crippen LogP contribution is 2.20. The van der Waals surface area contributed by atoms with Crippen LogP contribution in [0.2, 0.25) is 0 Å². The van der Waals surface area contributed by atoms with Crippen molar-refractivity contribution >= 4 is 22.4 Å². The van der Waals surface area contributed by atoms with Gasteiger partial charge in [-0.3, -0.25) is 19.1 Å². The van der Waals surface area contributed by atoms with Gasteiger partial charge in [0, 0.05) is 28.0 Å². The van der Waals surface area contributed by atoms with Crippen LogP contribution in [-0.4, -0.2) is 21.3 Å². The molecule has 0 spiro atoms. The van der Waals surface area contributed by atoms with E-state index in [1.54, 1.807) is 43.5 Å². The number of benzene rings is 2. The lowest BCUT2D eigenvalue weighted by Gasteiger charge is -2.14. The minimum atomic E-state index is -1.06. The molecule has 2 aromatic rings. The molecule has 0 fully saturated rings. The van der Waals surface area contributed by atoms with Crippen molar-refractivity contribution in [2.45, 2.75) is 17.9 Å². The fourth-order valence-corrected chi connectivity index (χ4v) is 2.65. The normalized spacial score (nSPS) is 13.1. The number of nitro groups is 1. The number of carbonyl (C=O) groups is 1. The van der Waals surface area contributed by atoms with Crippen molar-refractivity contribution in [1.29, 1.82) is 0 Å². The maximum atomic E-state index is 12.3. The summed E-state index contributed by atoms with van der Waals surface area (Å²) in [6, 6.07) is 12.5. The zero-order valence-corrected chi connectivity index (χ0v) is 13.5. The lowest BCUT2D eigenvalue weighted by atomic mass is 10.1. The summed E-state index contributed by atoms with van der Waals surface area (Å²) < 4.78 is 11.4. The second-order valence-electron chi connectivity index (χ2n) is 4.99. The standard InChI is InChI=1S/C16H16N2O4S/c1-11(12-7-9-13(10-8-12)23(2)22)17-16(19)14-5-3-4-6-15(14)18(20)21/h3-11H,1-2H3,(H,17,19)/t11-,23-/m1/s1. The predicted molar refractivity (Wildman–Crippen MR) is 87.8 cm³/mol. The molecule has 0 aliphatic rings. The van der Waals surface area contributed by atoms with Crippen LogP contribution in [0, 0.1) is 10.1 Å². The molecular formula is C16H16N2O4S. The van der Waals surface area contributed by atoms with Gasteiger partial charge in [-0.15, -0.1) is 0 Å². The first-order valence-electron chi connectivity index (χ1n) is 6.88. The first kappa shape index (κ1) is 16.8. The number of nitro benzene ring substituents is 1. The number of amides is 1. The Morgan fingerprint density at radius 2 is 1.78 bits per heavy atom. The van der Waals surface area contributed by atoms with E-state index in [-0.39, 0.29) is 17.3 Å². The monoisotopic (exact) mass is 332 g/mol. The molecule has 7 heteroatoms. The second-order valence-corrected chi connectivity index (χ2v) is 6.37. The van der Waals surface area contributed by atoms with Crippen LogP contribution in [0.5, 0.6) is 0 Å². The van der Waals surface area contributed by atoms with E-state index in [9.17, 15) is 19.1 Å². The largest absolute Gasteiger partial charge is 0.345 e. The molecule has 0 aliphatic heterocycles. The summed E-state index contributed by atoms with van der Waals surface area (Å²) in [4.78, 5) is 23.4. The van der Waals surface area contributed by atoms with E-state index in [1.807, 2.05) is 0 Å². The average Bonchev–Trinajstić information content (AvgIpc) is 2.54. The van der Waals surface area contributed by atoms with Gasteiger partial charge in [-0.05, 0) is 30.7 Å². The molecule has 6 nitrogen and oxygen atoms in total. The molecular weight excluding hydrogens is 316 g/mol. The van der Waals surface area contributed by atoms with Crippen LogP contribution >= 0.6 is 0 Å². The van der Waals surface area contributed by atoms with Crippen molar-refractivity contribution in [3.05, 3.63) is 69.8 Å². The van der Waals surface area contributed by atoms with E-state index in [2.05, 4.69) is 5.32 Å². The van der Waals surface area contributed by atoms with E-state index in [4.69, 9.17) is 0 Å². The van der Waals surface area contributed by atoms with Gasteiger partial charge in [-0.1, -0.05) is 24.3 Å². The first-order chi connectivity index (χ1) is 10.9. The second kappa shape index (κ2) is 7.15. The van der Waals surface area contributed by atoms with Crippen LogP contribution in [0.3, 0.4) is 0 Å².